The Morgan fingerprint density at radius 3 is 2.60 bits per heavy atom. The van der Waals surface area contributed by atoms with Crippen LogP contribution in [0.5, 0.6) is 0 Å². The van der Waals surface area contributed by atoms with Gasteiger partial charge in [-0.05, 0) is 37.0 Å². The van der Waals surface area contributed by atoms with Crippen LogP contribution >= 0.6 is 11.6 Å². The van der Waals surface area contributed by atoms with Crippen molar-refractivity contribution in [3.05, 3.63) is 51.8 Å². The fourth-order valence-electron chi connectivity index (χ4n) is 3.23. The van der Waals surface area contributed by atoms with Crippen molar-refractivity contribution in [2.45, 2.75) is 38.6 Å². The van der Waals surface area contributed by atoms with Crippen molar-refractivity contribution in [3.8, 4) is 11.3 Å². The van der Waals surface area contributed by atoms with Crippen molar-refractivity contribution in [1.29, 1.82) is 0 Å². The summed E-state index contributed by atoms with van der Waals surface area (Å²) in [6.45, 7) is 0.763. The molecule has 1 saturated carbocycles. The fraction of sp³-hybridized carbons (Fsp3) is 0.421. The number of aromatic nitrogens is 2. The van der Waals surface area contributed by atoms with Gasteiger partial charge in [-0.1, -0.05) is 36.6 Å². The van der Waals surface area contributed by atoms with Crippen LogP contribution in [0.25, 0.3) is 11.3 Å². The molecule has 1 aliphatic carbocycles. The quantitative estimate of drug-likeness (QED) is 0.861. The summed E-state index contributed by atoms with van der Waals surface area (Å²) in [5.74, 6) is 0.586. The molecular weight excluding hydrogens is 338 g/mol. The van der Waals surface area contributed by atoms with Crippen LogP contribution in [0.2, 0.25) is 5.02 Å². The van der Waals surface area contributed by atoms with Crippen LogP contribution in [0.15, 0.2) is 41.2 Å². The van der Waals surface area contributed by atoms with E-state index < -0.39 is 0 Å². The Bertz CT molecular complexity index is 780. The Balaban J connectivity index is 1.58. The molecule has 132 valence electrons. The molecule has 2 aromatic rings. The van der Waals surface area contributed by atoms with Gasteiger partial charge in [0.1, 0.15) is 0 Å². The molecule has 0 aliphatic heterocycles. The molecule has 0 radical (unpaired) electrons. The molecule has 1 amide bonds. The molecule has 0 saturated heterocycles. The monoisotopic (exact) mass is 359 g/mol. The number of rotatable bonds is 6. The van der Waals surface area contributed by atoms with Crippen LogP contribution in [0.1, 0.15) is 32.1 Å². The number of hydrogen-bond donors (Lipinski definition) is 1. The van der Waals surface area contributed by atoms with E-state index in [9.17, 15) is 9.59 Å². The summed E-state index contributed by atoms with van der Waals surface area (Å²) < 4.78 is 1.39. The lowest BCUT2D eigenvalue weighted by atomic mass is 10.0. The third kappa shape index (κ3) is 4.92. The van der Waals surface area contributed by atoms with Crippen molar-refractivity contribution in [3.63, 3.8) is 0 Å². The van der Waals surface area contributed by atoms with Crippen molar-refractivity contribution in [2.75, 3.05) is 6.54 Å². The highest BCUT2D eigenvalue weighted by atomic mass is 35.5. The van der Waals surface area contributed by atoms with Crippen molar-refractivity contribution < 1.29 is 4.79 Å². The summed E-state index contributed by atoms with van der Waals surface area (Å²) in [4.78, 5) is 23.9. The predicted molar refractivity (Wildman–Crippen MR) is 98.5 cm³/mol. The molecule has 1 aromatic carbocycles. The van der Waals surface area contributed by atoms with Gasteiger partial charge < -0.3 is 5.32 Å². The molecular formula is C19H22ClN3O2. The number of benzene rings is 1. The fourth-order valence-corrected chi connectivity index (χ4v) is 3.36. The second-order valence-electron chi connectivity index (χ2n) is 6.49. The lowest BCUT2D eigenvalue weighted by molar-refractivity contribution is -0.122. The molecule has 6 heteroatoms. The lowest BCUT2D eigenvalue weighted by Crippen LogP contribution is -2.32. The van der Waals surface area contributed by atoms with Gasteiger partial charge in [-0.25, -0.2) is 4.68 Å². The van der Waals surface area contributed by atoms with Crippen LogP contribution in [0.3, 0.4) is 0 Å². The van der Waals surface area contributed by atoms with Crippen LogP contribution in [0, 0.1) is 5.92 Å². The number of carbonyl (C=O) groups is 1. The summed E-state index contributed by atoms with van der Waals surface area (Å²) >= 11 is 5.90. The minimum Gasteiger partial charge on any atom is -0.354 e. The first-order valence-corrected chi connectivity index (χ1v) is 9.10. The molecule has 0 atom stereocenters. The number of halogens is 1. The molecule has 1 aliphatic rings. The number of carbonyl (C=O) groups excluding carboxylic acids is 1. The highest BCUT2D eigenvalue weighted by Crippen LogP contribution is 2.27. The molecule has 0 unspecified atom stereocenters. The number of nitrogens with one attached hydrogen (secondary N) is 1. The normalized spacial score (nSPS) is 14.6. The predicted octanol–water partition coefficient (Wildman–Crippen LogP) is 3.26. The number of nitrogens with zero attached hydrogens (tertiary/aromatic N) is 2. The molecule has 1 N–H and O–H groups in total. The summed E-state index contributed by atoms with van der Waals surface area (Å²) in [6.07, 6.45) is 5.35. The molecule has 5 nitrogen and oxygen atoms in total. The van der Waals surface area contributed by atoms with Gasteiger partial charge in [0.2, 0.25) is 5.91 Å². The van der Waals surface area contributed by atoms with Crippen LogP contribution < -0.4 is 10.9 Å². The molecule has 25 heavy (non-hydrogen) atoms. The maximum absolute atomic E-state index is 12.0. The molecule has 3 rings (SSSR count). The van der Waals surface area contributed by atoms with Gasteiger partial charge >= 0.3 is 0 Å². The zero-order chi connectivity index (χ0) is 17.6. The first kappa shape index (κ1) is 17.7. The third-order valence-corrected chi connectivity index (χ3v) is 4.85. The molecule has 1 aromatic heterocycles. The van der Waals surface area contributed by atoms with Gasteiger partial charge in [-0.3, -0.25) is 9.59 Å². The minimum atomic E-state index is -0.178. The molecule has 0 bridgehead atoms. The van der Waals surface area contributed by atoms with Gasteiger partial charge in [0, 0.05) is 29.6 Å². The zero-order valence-corrected chi connectivity index (χ0v) is 14.8. The Morgan fingerprint density at radius 1 is 1.16 bits per heavy atom. The SMILES string of the molecule is O=C(CC1CCCC1)NCCn1nc(-c2ccc(Cl)cc2)ccc1=O. The van der Waals surface area contributed by atoms with Crippen LogP contribution in [0.4, 0.5) is 0 Å². The van der Waals surface area contributed by atoms with E-state index in [0.29, 0.717) is 36.1 Å². The molecule has 1 heterocycles. The van der Waals surface area contributed by atoms with Crippen molar-refractivity contribution in [2.24, 2.45) is 5.92 Å². The van der Waals surface area contributed by atoms with Crippen LogP contribution in [-0.2, 0) is 11.3 Å². The van der Waals surface area contributed by atoms with Gasteiger partial charge in [-0.15, -0.1) is 0 Å². The van der Waals surface area contributed by atoms with Crippen LogP contribution in [-0.4, -0.2) is 22.2 Å². The second kappa shape index (κ2) is 8.30. The van der Waals surface area contributed by atoms with E-state index in [1.165, 1.54) is 23.6 Å². The Morgan fingerprint density at radius 2 is 1.88 bits per heavy atom. The summed E-state index contributed by atoms with van der Waals surface area (Å²) in [6, 6.07) is 10.5. The Hall–Kier alpha value is -2.14. The number of amides is 1. The average Bonchev–Trinajstić information content (AvgIpc) is 3.10. The van der Waals surface area contributed by atoms with Gasteiger partial charge in [0.15, 0.2) is 0 Å². The van der Waals surface area contributed by atoms with Gasteiger partial charge in [-0.2, -0.15) is 5.10 Å². The van der Waals surface area contributed by atoms with E-state index in [4.69, 9.17) is 11.6 Å². The zero-order valence-electron chi connectivity index (χ0n) is 14.1. The van der Waals surface area contributed by atoms with E-state index >= 15 is 0 Å². The highest BCUT2D eigenvalue weighted by molar-refractivity contribution is 6.30. The van der Waals surface area contributed by atoms with E-state index in [-0.39, 0.29) is 11.5 Å². The Kier molecular flexibility index (Phi) is 5.87. The first-order chi connectivity index (χ1) is 12.1. The van der Waals surface area contributed by atoms with E-state index in [1.807, 2.05) is 12.1 Å². The van der Waals surface area contributed by atoms with Crippen molar-refractivity contribution >= 4 is 17.5 Å². The maximum Gasteiger partial charge on any atom is 0.266 e. The lowest BCUT2D eigenvalue weighted by Gasteiger charge is -2.11. The average molecular weight is 360 g/mol. The largest absolute Gasteiger partial charge is 0.354 e. The highest BCUT2D eigenvalue weighted by Gasteiger charge is 2.18. The summed E-state index contributed by atoms with van der Waals surface area (Å²) in [5.41, 5.74) is 1.42. The molecule has 0 spiro atoms. The van der Waals surface area contributed by atoms with E-state index in [2.05, 4.69) is 10.4 Å². The topological polar surface area (TPSA) is 64.0 Å². The third-order valence-electron chi connectivity index (χ3n) is 4.60. The molecule has 1 fully saturated rings. The number of hydrogen-bond acceptors (Lipinski definition) is 3. The maximum atomic E-state index is 12.0. The standard InChI is InChI=1S/C19H22ClN3O2/c20-16-7-5-15(6-8-16)17-9-10-19(25)23(22-17)12-11-21-18(24)13-14-3-1-2-4-14/h5-10,14H,1-4,11-13H2,(H,21,24). The smallest absolute Gasteiger partial charge is 0.266 e. The van der Waals surface area contributed by atoms with Gasteiger partial charge in [0.25, 0.3) is 5.56 Å². The Labute approximate surface area is 152 Å². The second-order valence-corrected chi connectivity index (χ2v) is 6.93. The minimum absolute atomic E-state index is 0.0637. The summed E-state index contributed by atoms with van der Waals surface area (Å²) in [7, 11) is 0. The van der Waals surface area contributed by atoms with E-state index in [1.54, 1.807) is 18.2 Å². The van der Waals surface area contributed by atoms with E-state index in [0.717, 1.165) is 18.4 Å². The summed E-state index contributed by atoms with van der Waals surface area (Å²) in [5, 5.41) is 7.93. The first-order valence-electron chi connectivity index (χ1n) is 8.72. The van der Waals surface area contributed by atoms with Gasteiger partial charge in [0.05, 0.1) is 12.2 Å². The van der Waals surface area contributed by atoms with Crippen molar-refractivity contribution in [1.82, 2.24) is 15.1 Å².